The number of amides is 2. The second-order valence-electron chi connectivity index (χ2n) is 9.83. The van der Waals surface area contributed by atoms with Crippen LogP contribution in [0.2, 0.25) is 0 Å². The van der Waals surface area contributed by atoms with Crippen molar-refractivity contribution in [2.45, 2.75) is 20.0 Å². The molecule has 0 aliphatic carbocycles. The van der Waals surface area contributed by atoms with Crippen LogP contribution in [0.4, 0.5) is 0 Å². The smallest absolute Gasteiger partial charge is 0.309 e. The largest absolute Gasteiger partial charge is 0.353 e. The van der Waals surface area contributed by atoms with Crippen LogP contribution in [0.15, 0.2) is 55.0 Å². The highest BCUT2D eigenvalue weighted by Gasteiger charge is 2.37. The predicted molar refractivity (Wildman–Crippen MR) is 142 cm³/mol. The second kappa shape index (κ2) is 7.09. The lowest BCUT2D eigenvalue weighted by Crippen LogP contribution is -2.35. The topological polar surface area (TPSA) is 122 Å². The van der Waals surface area contributed by atoms with Crippen molar-refractivity contribution in [2.24, 2.45) is 0 Å². The summed E-state index contributed by atoms with van der Waals surface area (Å²) in [4.78, 5) is 33.9. The number of imide groups is 1. The van der Waals surface area contributed by atoms with Crippen molar-refractivity contribution in [1.82, 2.24) is 28.1 Å². The lowest BCUT2D eigenvalue weighted by molar-refractivity contribution is 0.0880. The monoisotopic (exact) mass is 524 g/mol. The number of nitrogens with one attached hydrogen (secondary N) is 2. The number of imidazole rings is 1. The number of aryl methyl sites for hydroxylation is 1. The third-order valence-electron chi connectivity index (χ3n) is 7.74. The van der Waals surface area contributed by atoms with Gasteiger partial charge in [0.1, 0.15) is 6.33 Å². The van der Waals surface area contributed by atoms with Crippen molar-refractivity contribution < 1.29 is 18.0 Å². The quantitative estimate of drug-likeness (QED) is 0.336. The molecule has 3 aromatic carbocycles. The molecule has 2 N–H and O–H groups in total. The Morgan fingerprint density at radius 2 is 1.66 bits per heavy atom. The average molecular weight is 525 g/mol. The van der Waals surface area contributed by atoms with Gasteiger partial charge in [0.05, 0.1) is 33.4 Å². The summed E-state index contributed by atoms with van der Waals surface area (Å²) in [5.41, 5.74) is 5.47. The maximum Gasteiger partial charge on any atom is 0.309 e. The summed E-state index contributed by atoms with van der Waals surface area (Å²) < 4.78 is 31.7. The Morgan fingerprint density at radius 1 is 0.895 bits per heavy atom. The van der Waals surface area contributed by atoms with Gasteiger partial charge in [-0.15, -0.1) is 0 Å². The number of rotatable bonds is 2. The van der Waals surface area contributed by atoms with Gasteiger partial charge in [-0.1, -0.05) is 36.4 Å². The zero-order valence-corrected chi connectivity index (χ0v) is 21.0. The number of aromatic nitrogens is 4. The van der Waals surface area contributed by atoms with Gasteiger partial charge in [-0.3, -0.25) is 14.9 Å². The minimum absolute atomic E-state index is 0.163. The molecule has 0 unspecified atom stereocenters. The molecule has 2 aliphatic heterocycles. The molecule has 10 nitrogen and oxygen atoms in total. The first-order valence-corrected chi connectivity index (χ1v) is 13.6. The van der Waals surface area contributed by atoms with E-state index >= 15 is 0 Å². The SMILES string of the molecule is Cc1cn(S(=O)(=O)N2CCn3c4c(cccc4c4c5c(c6c7ccccc7[nH]c6c43)C(=O)NC5=O)C2)cn1. The van der Waals surface area contributed by atoms with Gasteiger partial charge in [-0.2, -0.15) is 12.7 Å². The summed E-state index contributed by atoms with van der Waals surface area (Å²) in [7, 11) is -3.84. The lowest BCUT2D eigenvalue weighted by atomic mass is 9.96. The highest BCUT2D eigenvalue weighted by molar-refractivity contribution is 7.87. The van der Waals surface area contributed by atoms with E-state index in [-0.39, 0.29) is 13.1 Å². The first kappa shape index (κ1) is 21.6. The zero-order chi connectivity index (χ0) is 25.9. The van der Waals surface area contributed by atoms with Gasteiger partial charge in [0.2, 0.25) is 0 Å². The van der Waals surface area contributed by atoms with Crippen molar-refractivity contribution in [1.29, 1.82) is 0 Å². The Labute approximate surface area is 215 Å². The van der Waals surface area contributed by atoms with Crippen molar-refractivity contribution in [3.8, 4) is 0 Å². The summed E-state index contributed by atoms with van der Waals surface area (Å²) >= 11 is 0. The summed E-state index contributed by atoms with van der Waals surface area (Å²) in [6, 6.07) is 13.4. The molecule has 0 atom stereocenters. The summed E-state index contributed by atoms with van der Waals surface area (Å²) in [6.45, 7) is 2.49. The molecular weight excluding hydrogens is 504 g/mol. The number of hydrogen-bond acceptors (Lipinski definition) is 5. The minimum Gasteiger partial charge on any atom is -0.353 e. The number of carbonyl (C=O) groups is 2. The lowest BCUT2D eigenvalue weighted by Gasteiger charge is -2.20. The molecule has 0 spiro atoms. The van der Waals surface area contributed by atoms with Crippen molar-refractivity contribution >= 4 is 65.6 Å². The van der Waals surface area contributed by atoms with Gasteiger partial charge in [0, 0.05) is 52.9 Å². The molecule has 3 aromatic heterocycles. The fourth-order valence-corrected chi connectivity index (χ4v) is 7.53. The molecule has 11 heteroatoms. The van der Waals surface area contributed by atoms with E-state index in [9.17, 15) is 18.0 Å². The number of H-pyrrole nitrogens is 1. The van der Waals surface area contributed by atoms with E-state index in [2.05, 4.69) is 19.9 Å². The summed E-state index contributed by atoms with van der Waals surface area (Å²) in [5.74, 6) is -0.818. The van der Waals surface area contributed by atoms with Crippen molar-refractivity contribution in [3.05, 3.63) is 77.4 Å². The maximum atomic E-state index is 13.5. The molecule has 0 bridgehead atoms. The number of benzene rings is 3. The molecule has 0 saturated heterocycles. The first-order chi connectivity index (χ1) is 18.3. The average Bonchev–Trinajstić information content (AvgIpc) is 3.61. The number of para-hydroxylation sites is 2. The number of fused-ring (bicyclic) bond motifs is 10. The van der Waals surface area contributed by atoms with Gasteiger partial charge < -0.3 is 9.55 Å². The van der Waals surface area contributed by atoms with E-state index in [0.29, 0.717) is 34.1 Å². The molecule has 2 amide bonds. The van der Waals surface area contributed by atoms with E-state index in [1.54, 1.807) is 6.92 Å². The van der Waals surface area contributed by atoms with Crippen LogP contribution in [0.1, 0.15) is 32.0 Å². The van der Waals surface area contributed by atoms with Crippen LogP contribution in [-0.4, -0.2) is 49.6 Å². The minimum atomic E-state index is -3.84. The van der Waals surface area contributed by atoms with E-state index < -0.39 is 22.0 Å². The molecule has 6 aromatic rings. The normalized spacial score (nSPS) is 16.1. The molecule has 2 aliphatic rings. The highest BCUT2D eigenvalue weighted by Crippen LogP contribution is 2.44. The van der Waals surface area contributed by atoms with Crippen LogP contribution in [0.5, 0.6) is 0 Å². The van der Waals surface area contributed by atoms with Gasteiger partial charge in [-0.05, 0) is 18.6 Å². The van der Waals surface area contributed by atoms with Gasteiger partial charge >= 0.3 is 10.2 Å². The molecular formula is C27H20N6O4S. The number of nitrogens with zero attached hydrogens (tertiary/aromatic N) is 4. The van der Waals surface area contributed by atoms with Crippen LogP contribution in [0.3, 0.4) is 0 Å². The standard InChI is InChI=1S/C27H20N6O4S/c1-14-11-32(13-28-14)38(36,37)31-9-10-33-24-15(12-31)5-4-7-17(24)20-22-21(26(34)30-27(22)35)19-16-6-2-3-8-18(16)29-23(19)25(20)33/h2-8,11,13,29H,9-10,12H2,1H3,(H,30,34,35). The number of carbonyl (C=O) groups excluding carboxylic acids is 2. The summed E-state index contributed by atoms with van der Waals surface area (Å²) in [5, 5.41) is 5.59. The van der Waals surface area contributed by atoms with E-state index in [4.69, 9.17) is 0 Å². The van der Waals surface area contributed by atoms with Crippen molar-refractivity contribution in [2.75, 3.05) is 6.54 Å². The maximum absolute atomic E-state index is 13.5. The molecule has 188 valence electrons. The Balaban J connectivity index is 1.48. The first-order valence-electron chi connectivity index (χ1n) is 12.2. The molecule has 8 rings (SSSR count). The second-order valence-corrected chi connectivity index (χ2v) is 11.7. The van der Waals surface area contributed by atoms with Crippen LogP contribution in [-0.2, 0) is 23.3 Å². The van der Waals surface area contributed by atoms with Gasteiger partial charge in [0.25, 0.3) is 11.8 Å². The molecule has 5 heterocycles. The predicted octanol–water partition coefficient (Wildman–Crippen LogP) is 3.43. The highest BCUT2D eigenvalue weighted by atomic mass is 32.2. The Kier molecular flexibility index (Phi) is 4.03. The third kappa shape index (κ3) is 2.59. The van der Waals surface area contributed by atoms with Crippen LogP contribution in [0, 0.1) is 6.92 Å². The number of hydrogen-bond donors (Lipinski definition) is 2. The molecule has 0 saturated carbocycles. The fraction of sp³-hybridized carbons (Fsp3) is 0.148. The van der Waals surface area contributed by atoms with Crippen molar-refractivity contribution in [3.63, 3.8) is 0 Å². The Morgan fingerprint density at radius 3 is 2.45 bits per heavy atom. The summed E-state index contributed by atoms with van der Waals surface area (Å²) in [6.07, 6.45) is 2.82. The van der Waals surface area contributed by atoms with E-state index in [0.717, 1.165) is 42.4 Å². The van der Waals surface area contributed by atoms with Gasteiger partial charge in [0.15, 0.2) is 0 Å². The number of aromatic amines is 1. The molecule has 0 fully saturated rings. The zero-order valence-electron chi connectivity index (χ0n) is 20.1. The van der Waals surface area contributed by atoms with Gasteiger partial charge in [-0.25, -0.2) is 8.96 Å². The van der Waals surface area contributed by atoms with E-state index in [1.165, 1.54) is 16.8 Å². The van der Waals surface area contributed by atoms with Crippen LogP contribution >= 0.6 is 0 Å². The Hall–Kier alpha value is -4.48. The van der Waals surface area contributed by atoms with E-state index in [1.807, 2.05) is 42.5 Å². The molecule has 38 heavy (non-hydrogen) atoms. The Bertz CT molecular complexity index is 2170. The third-order valence-corrected chi connectivity index (χ3v) is 9.44. The van der Waals surface area contributed by atoms with Crippen LogP contribution in [0.25, 0.3) is 43.6 Å². The molecule has 0 radical (unpaired) electrons. The van der Waals surface area contributed by atoms with Crippen LogP contribution < -0.4 is 5.32 Å². The fourth-order valence-electron chi connectivity index (χ4n) is 6.20.